The zero-order chi connectivity index (χ0) is 9.26. The number of imidazole rings is 1. The molecule has 0 spiro atoms. The van der Waals surface area contributed by atoms with Crippen LogP contribution in [0.1, 0.15) is 0 Å². The Morgan fingerprint density at radius 1 is 1.54 bits per heavy atom. The van der Waals surface area contributed by atoms with Crippen LogP contribution in [-0.2, 0) is 6.54 Å². The van der Waals surface area contributed by atoms with Crippen molar-refractivity contribution in [1.82, 2.24) is 19.5 Å². The van der Waals surface area contributed by atoms with E-state index in [0.717, 1.165) is 0 Å². The van der Waals surface area contributed by atoms with E-state index in [1.165, 1.54) is 12.7 Å². The average Bonchev–Trinajstić information content (AvgIpc) is 2.58. The first-order chi connectivity index (χ1) is 6.33. The molecule has 0 atom stereocenters. The monoisotopic (exact) mass is 179 g/mol. The Hall–Kier alpha value is -1.69. The maximum Gasteiger partial charge on any atom is 0.182 e. The van der Waals surface area contributed by atoms with Gasteiger partial charge in [0.25, 0.3) is 0 Å². The van der Waals surface area contributed by atoms with Gasteiger partial charge >= 0.3 is 0 Å². The zero-order valence-electron chi connectivity index (χ0n) is 6.86. The van der Waals surface area contributed by atoms with Gasteiger partial charge in [-0.15, -0.1) is 0 Å². The highest BCUT2D eigenvalue weighted by atomic mass is 16.3. The normalized spacial score (nSPS) is 10.8. The van der Waals surface area contributed by atoms with Crippen LogP contribution in [0.15, 0.2) is 12.7 Å². The van der Waals surface area contributed by atoms with E-state index < -0.39 is 0 Å². The number of aromatic amines is 1. The Kier molecular flexibility index (Phi) is 1.82. The van der Waals surface area contributed by atoms with E-state index in [4.69, 9.17) is 10.5 Å². The summed E-state index contributed by atoms with van der Waals surface area (Å²) < 4.78 is 1.56. The lowest BCUT2D eigenvalue weighted by Gasteiger charge is -2.02. The van der Waals surface area contributed by atoms with E-state index in [2.05, 4.69) is 15.0 Å². The van der Waals surface area contributed by atoms with Crippen molar-refractivity contribution >= 4 is 11.2 Å². The minimum atomic E-state index is -0.00211. The predicted octanol–water partition coefficient (Wildman–Crippen LogP) is -0.769. The second kappa shape index (κ2) is 2.98. The molecule has 0 amide bonds. The molecule has 0 aromatic carbocycles. The standard InChI is InChI=1S/C7H9N5O/c8-6-5-7(10-3-9-5)11-4-12(6)1-2-13/h3-4,8,13H,1-2H2,(H,9,10). The quantitative estimate of drug-likeness (QED) is 0.565. The number of aliphatic hydroxyl groups excluding tert-OH is 1. The van der Waals surface area contributed by atoms with Crippen LogP contribution in [0.2, 0.25) is 0 Å². The van der Waals surface area contributed by atoms with Crippen molar-refractivity contribution in [3.63, 3.8) is 0 Å². The van der Waals surface area contributed by atoms with Crippen LogP contribution >= 0.6 is 0 Å². The first-order valence-electron chi connectivity index (χ1n) is 3.87. The van der Waals surface area contributed by atoms with Crippen molar-refractivity contribution in [3.05, 3.63) is 18.1 Å². The number of nitrogens with zero attached hydrogens (tertiary/aromatic N) is 3. The van der Waals surface area contributed by atoms with Gasteiger partial charge in [0.15, 0.2) is 11.1 Å². The molecular formula is C7H9N5O. The van der Waals surface area contributed by atoms with Gasteiger partial charge < -0.3 is 14.7 Å². The Labute approximate surface area is 73.4 Å². The van der Waals surface area contributed by atoms with E-state index in [1.807, 2.05) is 0 Å². The van der Waals surface area contributed by atoms with Crippen molar-refractivity contribution in [1.29, 1.82) is 5.41 Å². The molecule has 0 unspecified atom stereocenters. The first kappa shape index (κ1) is 7.93. The summed E-state index contributed by atoms with van der Waals surface area (Å²) in [6.07, 6.45) is 3.00. The summed E-state index contributed by atoms with van der Waals surface area (Å²) >= 11 is 0. The average molecular weight is 179 g/mol. The lowest BCUT2D eigenvalue weighted by Crippen LogP contribution is -2.22. The molecule has 6 heteroatoms. The van der Waals surface area contributed by atoms with Gasteiger partial charge in [0.1, 0.15) is 5.52 Å². The molecule has 2 aromatic heterocycles. The Morgan fingerprint density at radius 3 is 3.15 bits per heavy atom. The summed E-state index contributed by atoms with van der Waals surface area (Å²) in [6.45, 7) is 0.374. The summed E-state index contributed by atoms with van der Waals surface area (Å²) in [5, 5.41) is 16.4. The van der Waals surface area contributed by atoms with E-state index >= 15 is 0 Å². The number of hydrogen-bond donors (Lipinski definition) is 3. The van der Waals surface area contributed by atoms with Gasteiger partial charge in [0.05, 0.1) is 19.3 Å². The smallest absolute Gasteiger partial charge is 0.182 e. The summed E-state index contributed by atoms with van der Waals surface area (Å²) in [5.74, 6) is 0. The van der Waals surface area contributed by atoms with Gasteiger partial charge in [-0.1, -0.05) is 0 Å². The maximum absolute atomic E-state index is 8.71. The molecule has 0 saturated carbocycles. The fourth-order valence-corrected chi connectivity index (χ4v) is 1.16. The van der Waals surface area contributed by atoms with Crippen LogP contribution in [-0.4, -0.2) is 31.2 Å². The summed E-state index contributed by atoms with van der Waals surface area (Å²) in [4.78, 5) is 10.8. The highest BCUT2D eigenvalue weighted by Crippen LogP contribution is 1.96. The van der Waals surface area contributed by atoms with E-state index in [1.54, 1.807) is 4.57 Å². The van der Waals surface area contributed by atoms with Crippen molar-refractivity contribution in [2.24, 2.45) is 0 Å². The van der Waals surface area contributed by atoms with Gasteiger partial charge in [-0.05, 0) is 0 Å². The molecule has 0 aliphatic carbocycles. The first-order valence-corrected chi connectivity index (χ1v) is 3.87. The van der Waals surface area contributed by atoms with Gasteiger partial charge in [0.2, 0.25) is 0 Å². The number of fused-ring (bicyclic) bond motifs is 1. The SMILES string of the molecule is N=c1c2[nH]cnc2ncn1CCO. The number of hydrogen-bond acceptors (Lipinski definition) is 4. The Morgan fingerprint density at radius 2 is 2.38 bits per heavy atom. The molecule has 2 rings (SSSR count). The third-order valence-corrected chi connectivity index (χ3v) is 1.80. The number of H-pyrrole nitrogens is 1. The molecule has 13 heavy (non-hydrogen) atoms. The number of rotatable bonds is 2. The van der Waals surface area contributed by atoms with Gasteiger partial charge in [0, 0.05) is 6.54 Å². The molecule has 0 aliphatic heterocycles. The summed E-state index contributed by atoms with van der Waals surface area (Å²) in [6, 6.07) is 0. The maximum atomic E-state index is 8.71. The largest absolute Gasteiger partial charge is 0.395 e. The number of aliphatic hydroxyl groups is 1. The Balaban J connectivity index is 2.67. The van der Waals surface area contributed by atoms with Gasteiger partial charge in [-0.2, -0.15) is 0 Å². The van der Waals surface area contributed by atoms with Crippen molar-refractivity contribution in [2.45, 2.75) is 6.54 Å². The highest BCUT2D eigenvalue weighted by molar-refractivity contribution is 5.67. The molecule has 6 nitrogen and oxygen atoms in total. The Bertz CT molecular complexity index is 471. The van der Waals surface area contributed by atoms with E-state index in [-0.39, 0.29) is 12.1 Å². The molecular weight excluding hydrogens is 170 g/mol. The fraction of sp³-hybridized carbons (Fsp3) is 0.286. The third kappa shape index (κ3) is 1.20. The summed E-state index contributed by atoms with van der Waals surface area (Å²) in [5.41, 5.74) is 1.41. The highest BCUT2D eigenvalue weighted by Gasteiger charge is 2.01. The van der Waals surface area contributed by atoms with Crippen LogP contribution in [0.25, 0.3) is 11.2 Å². The molecule has 68 valence electrons. The lowest BCUT2D eigenvalue weighted by molar-refractivity contribution is 0.273. The van der Waals surface area contributed by atoms with Crippen molar-refractivity contribution in [3.8, 4) is 0 Å². The number of aromatic nitrogens is 4. The van der Waals surface area contributed by atoms with Crippen LogP contribution in [0.4, 0.5) is 0 Å². The van der Waals surface area contributed by atoms with Gasteiger partial charge in [-0.25, -0.2) is 9.97 Å². The molecule has 0 bridgehead atoms. The topological polar surface area (TPSA) is 90.6 Å². The van der Waals surface area contributed by atoms with Crippen LogP contribution in [0, 0.1) is 5.41 Å². The minimum Gasteiger partial charge on any atom is -0.395 e. The zero-order valence-corrected chi connectivity index (χ0v) is 6.86. The van der Waals surface area contributed by atoms with E-state index in [0.29, 0.717) is 17.7 Å². The summed E-state index contributed by atoms with van der Waals surface area (Å²) in [7, 11) is 0. The molecule has 0 radical (unpaired) electrons. The minimum absolute atomic E-state index is 0.00211. The van der Waals surface area contributed by atoms with Crippen molar-refractivity contribution < 1.29 is 5.11 Å². The predicted molar refractivity (Wildman–Crippen MR) is 44.8 cm³/mol. The van der Waals surface area contributed by atoms with Crippen LogP contribution in [0.5, 0.6) is 0 Å². The molecule has 2 aromatic rings. The third-order valence-electron chi connectivity index (χ3n) is 1.80. The molecule has 0 fully saturated rings. The second-order valence-corrected chi connectivity index (χ2v) is 2.61. The molecule has 0 aliphatic rings. The molecule has 3 N–H and O–H groups in total. The molecule has 2 heterocycles. The molecule has 0 saturated heterocycles. The van der Waals surface area contributed by atoms with E-state index in [9.17, 15) is 0 Å². The lowest BCUT2D eigenvalue weighted by atomic mass is 10.5. The van der Waals surface area contributed by atoms with Crippen LogP contribution in [0.3, 0.4) is 0 Å². The van der Waals surface area contributed by atoms with Crippen LogP contribution < -0.4 is 5.49 Å². The second-order valence-electron chi connectivity index (χ2n) is 2.61. The fourth-order valence-electron chi connectivity index (χ4n) is 1.16. The number of nitrogens with one attached hydrogen (secondary N) is 2. The van der Waals surface area contributed by atoms with Crippen molar-refractivity contribution in [2.75, 3.05) is 6.61 Å². The van der Waals surface area contributed by atoms with Gasteiger partial charge in [-0.3, -0.25) is 5.41 Å².